The summed E-state index contributed by atoms with van der Waals surface area (Å²) in [7, 11) is 0. The highest BCUT2D eigenvalue weighted by Gasteiger charge is 2.32. The SMILES string of the molecule is CC/C=C/c1nc2c(nc1/C=C/CCC)C(=O)c1ccccc1C2=O. The lowest BCUT2D eigenvalue weighted by atomic mass is 9.89. The second-order valence-electron chi connectivity index (χ2n) is 5.90. The Balaban J connectivity index is 2.16. The maximum Gasteiger partial charge on any atom is 0.214 e. The quantitative estimate of drug-likeness (QED) is 0.691. The molecule has 0 radical (unpaired) electrons. The van der Waals surface area contributed by atoms with E-state index in [-0.39, 0.29) is 23.0 Å². The number of aromatic nitrogens is 2. The summed E-state index contributed by atoms with van der Waals surface area (Å²) in [4.78, 5) is 34.5. The van der Waals surface area contributed by atoms with Gasteiger partial charge in [-0.2, -0.15) is 0 Å². The molecule has 1 aromatic heterocycles. The summed E-state index contributed by atoms with van der Waals surface area (Å²) in [6, 6.07) is 6.83. The van der Waals surface area contributed by atoms with Gasteiger partial charge in [-0.3, -0.25) is 9.59 Å². The Bertz CT molecular complexity index is 895. The van der Waals surface area contributed by atoms with E-state index in [2.05, 4.69) is 16.9 Å². The molecule has 0 unspecified atom stereocenters. The maximum absolute atomic E-state index is 12.8. The van der Waals surface area contributed by atoms with Crippen LogP contribution >= 0.6 is 0 Å². The van der Waals surface area contributed by atoms with Crippen molar-refractivity contribution in [2.45, 2.75) is 33.1 Å². The molecular weight excluding hydrogens is 312 g/mol. The number of benzene rings is 1. The number of hydrogen-bond acceptors (Lipinski definition) is 4. The van der Waals surface area contributed by atoms with Gasteiger partial charge in [0.15, 0.2) is 0 Å². The van der Waals surface area contributed by atoms with Gasteiger partial charge in [-0.15, -0.1) is 0 Å². The number of rotatable bonds is 5. The van der Waals surface area contributed by atoms with Crippen molar-refractivity contribution in [1.29, 1.82) is 0 Å². The summed E-state index contributed by atoms with van der Waals surface area (Å²) in [5, 5.41) is 0. The molecule has 0 aliphatic heterocycles. The molecule has 2 aromatic rings. The van der Waals surface area contributed by atoms with Crippen LogP contribution in [0.5, 0.6) is 0 Å². The van der Waals surface area contributed by atoms with Crippen LogP contribution in [0.1, 0.15) is 76.6 Å². The van der Waals surface area contributed by atoms with Gasteiger partial charge in [0.2, 0.25) is 11.6 Å². The summed E-state index contributed by atoms with van der Waals surface area (Å²) >= 11 is 0. The zero-order chi connectivity index (χ0) is 17.8. The van der Waals surface area contributed by atoms with Gasteiger partial charge >= 0.3 is 0 Å². The normalized spacial score (nSPS) is 13.5. The maximum atomic E-state index is 12.8. The number of carbonyl (C=O) groups excluding carboxylic acids is 2. The summed E-state index contributed by atoms with van der Waals surface area (Å²) in [5.41, 5.74) is 2.33. The third kappa shape index (κ3) is 3.20. The van der Waals surface area contributed by atoms with E-state index in [1.54, 1.807) is 24.3 Å². The zero-order valence-corrected chi connectivity index (χ0v) is 14.5. The molecule has 0 spiro atoms. The smallest absolute Gasteiger partial charge is 0.214 e. The van der Waals surface area contributed by atoms with E-state index in [4.69, 9.17) is 0 Å². The number of nitrogens with zero attached hydrogens (tertiary/aromatic N) is 2. The number of unbranched alkanes of at least 4 members (excludes halogenated alkanes) is 1. The van der Waals surface area contributed by atoms with Crippen LogP contribution in [-0.4, -0.2) is 21.5 Å². The van der Waals surface area contributed by atoms with Crippen LogP contribution in [0, 0.1) is 0 Å². The van der Waals surface area contributed by atoms with Crippen molar-refractivity contribution in [3.8, 4) is 0 Å². The average Bonchev–Trinajstić information content (AvgIpc) is 2.64. The van der Waals surface area contributed by atoms with E-state index in [0.717, 1.165) is 19.3 Å². The fourth-order valence-corrected chi connectivity index (χ4v) is 2.75. The number of ketones is 2. The molecule has 0 fully saturated rings. The highest BCUT2D eigenvalue weighted by atomic mass is 16.1. The molecule has 126 valence electrons. The van der Waals surface area contributed by atoms with Crippen molar-refractivity contribution in [3.05, 3.63) is 70.3 Å². The Labute approximate surface area is 147 Å². The Morgan fingerprint density at radius 1 is 0.840 bits per heavy atom. The second kappa shape index (κ2) is 7.34. The number of fused-ring (bicyclic) bond motifs is 2. The van der Waals surface area contributed by atoms with E-state index in [1.165, 1.54) is 0 Å². The molecule has 1 aliphatic rings. The molecule has 4 nitrogen and oxygen atoms in total. The molecular formula is C21H20N2O2. The van der Waals surface area contributed by atoms with Crippen molar-refractivity contribution in [3.63, 3.8) is 0 Å². The first kappa shape index (κ1) is 17.0. The van der Waals surface area contributed by atoms with E-state index in [1.807, 2.05) is 31.2 Å². The summed E-state index contributed by atoms with van der Waals surface area (Å²) in [6.45, 7) is 4.12. The molecule has 1 aromatic carbocycles. The van der Waals surface area contributed by atoms with Gasteiger partial charge < -0.3 is 0 Å². The summed E-state index contributed by atoms with van der Waals surface area (Å²) in [6.07, 6.45) is 10.5. The molecule has 0 saturated carbocycles. The molecule has 0 bridgehead atoms. The molecule has 0 atom stereocenters. The minimum Gasteiger partial charge on any atom is -0.287 e. The predicted molar refractivity (Wildman–Crippen MR) is 98.6 cm³/mol. The first-order valence-electron chi connectivity index (χ1n) is 8.60. The van der Waals surface area contributed by atoms with Crippen molar-refractivity contribution in [2.24, 2.45) is 0 Å². The van der Waals surface area contributed by atoms with Gasteiger partial charge in [-0.1, -0.05) is 56.7 Å². The fraction of sp³-hybridized carbons (Fsp3) is 0.238. The number of carbonyl (C=O) groups is 2. The van der Waals surface area contributed by atoms with E-state index >= 15 is 0 Å². The van der Waals surface area contributed by atoms with Crippen LogP contribution in [0.2, 0.25) is 0 Å². The number of hydrogen-bond donors (Lipinski definition) is 0. The molecule has 0 amide bonds. The molecule has 0 saturated heterocycles. The standard InChI is InChI=1S/C21H20N2O2/c1-3-5-7-13-17-16(12-6-4-2)22-18-19(23-17)21(25)15-11-9-8-10-14(15)20(18)24/h6-13H,3-5H2,1-2H3/b12-6+,13-7+. The van der Waals surface area contributed by atoms with Gasteiger partial charge in [0.1, 0.15) is 11.4 Å². The van der Waals surface area contributed by atoms with Crippen molar-refractivity contribution in [1.82, 2.24) is 9.97 Å². The van der Waals surface area contributed by atoms with Crippen LogP contribution in [0.3, 0.4) is 0 Å². The van der Waals surface area contributed by atoms with E-state index < -0.39 is 0 Å². The van der Waals surface area contributed by atoms with Crippen molar-refractivity contribution < 1.29 is 9.59 Å². The lowest BCUT2D eigenvalue weighted by Crippen LogP contribution is -2.24. The highest BCUT2D eigenvalue weighted by Crippen LogP contribution is 2.26. The third-order valence-electron chi connectivity index (χ3n) is 4.04. The summed E-state index contributed by atoms with van der Waals surface area (Å²) < 4.78 is 0. The zero-order valence-electron chi connectivity index (χ0n) is 14.5. The summed E-state index contributed by atoms with van der Waals surface area (Å²) in [5.74, 6) is -0.484. The van der Waals surface area contributed by atoms with Crippen LogP contribution in [0.15, 0.2) is 36.4 Å². The van der Waals surface area contributed by atoms with Crippen LogP contribution < -0.4 is 0 Å². The van der Waals surface area contributed by atoms with Crippen molar-refractivity contribution in [2.75, 3.05) is 0 Å². The Hall–Kier alpha value is -2.88. The third-order valence-corrected chi connectivity index (χ3v) is 4.04. The predicted octanol–water partition coefficient (Wildman–Crippen LogP) is 4.49. The van der Waals surface area contributed by atoms with Gasteiger partial charge in [-0.25, -0.2) is 9.97 Å². The monoisotopic (exact) mass is 332 g/mol. The average molecular weight is 332 g/mol. The van der Waals surface area contributed by atoms with Crippen LogP contribution in [-0.2, 0) is 0 Å². The number of allylic oxidation sites excluding steroid dienone is 2. The Morgan fingerprint density at radius 3 is 1.84 bits per heavy atom. The Morgan fingerprint density at radius 2 is 1.36 bits per heavy atom. The molecule has 3 rings (SSSR count). The first-order valence-corrected chi connectivity index (χ1v) is 8.60. The molecule has 1 aliphatic carbocycles. The molecule has 1 heterocycles. The van der Waals surface area contributed by atoms with Gasteiger partial charge in [0.05, 0.1) is 11.4 Å². The molecule has 25 heavy (non-hydrogen) atoms. The first-order chi connectivity index (χ1) is 12.2. The topological polar surface area (TPSA) is 59.9 Å². The largest absolute Gasteiger partial charge is 0.287 e. The molecule has 0 N–H and O–H groups in total. The lowest BCUT2D eigenvalue weighted by Gasteiger charge is -2.17. The minimum atomic E-state index is -0.243. The molecule has 4 heteroatoms. The highest BCUT2D eigenvalue weighted by molar-refractivity contribution is 6.27. The lowest BCUT2D eigenvalue weighted by molar-refractivity contribution is 0.0971. The van der Waals surface area contributed by atoms with Gasteiger partial charge in [0, 0.05) is 11.1 Å². The Kier molecular flexibility index (Phi) is 4.98. The van der Waals surface area contributed by atoms with Gasteiger partial charge in [0.25, 0.3) is 0 Å². The minimum absolute atomic E-state index is 0.145. The van der Waals surface area contributed by atoms with Crippen LogP contribution in [0.25, 0.3) is 12.2 Å². The van der Waals surface area contributed by atoms with Gasteiger partial charge in [-0.05, 0) is 25.0 Å². The van der Waals surface area contributed by atoms with Crippen molar-refractivity contribution >= 4 is 23.7 Å². The fourth-order valence-electron chi connectivity index (χ4n) is 2.75. The van der Waals surface area contributed by atoms with Crippen LogP contribution in [0.4, 0.5) is 0 Å². The second-order valence-corrected chi connectivity index (χ2v) is 5.90. The van der Waals surface area contributed by atoms with E-state index in [0.29, 0.717) is 22.5 Å². The van der Waals surface area contributed by atoms with E-state index in [9.17, 15) is 9.59 Å².